The van der Waals surface area contributed by atoms with E-state index in [1.807, 2.05) is 16.3 Å². The third-order valence-corrected chi connectivity index (χ3v) is 6.07. The molecule has 2 unspecified atom stereocenters. The van der Waals surface area contributed by atoms with E-state index >= 15 is 0 Å². The van der Waals surface area contributed by atoms with Gasteiger partial charge in [0.1, 0.15) is 11.2 Å². The van der Waals surface area contributed by atoms with Crippen molar-refractivity contribution in [3.8, 4) is 5.69 Å². The molecule has 9 nitrogen and oxygen atoms in total. The van der Waals surface area contributed by atoms with E-state index in [1.165, 1.54) is 22.3 Å². The van der Waals surface area contributed by atoms with Gasteiger partial charge in [0.15, 0.2) is 0 Å². The first-order chi connectivity index (χ1) is 13.2. The summed E-state index contributed by atoms with van der Waals surface area (Å²) in [4.78, 5) is 27.7. The molecule has 144 valence electrons. The van der Waals surface area contributed by atoms with Gasteiger partial charge in [-0.15, -0.1) is 16.4 Å². The van der Waals surface area contributed by atoms with E-state index in [2.05, 4.69) is 26.2 Å². The minimum atomic E-state index is -0.0590. The fraction of sp³-hybridized carbons (Fsp3) is 0.588. The van der Waals surface area contributed by atoms with Crippen LogP contribution >= 0.6 is 11.3 Å². The number of hydrogen-bond donors (Lipinski definition) is 2. The Bertz CT molecular complexity index is 785. The van der Waals surface area contributed by atoms with Crippen molar-refractivity contribution < 1.29 is 9.59 Å². The lowest BCUT2D eigenvalue weighted by Gasteiger charge is -2.33. The largest absolute Gasteiger partial charge is 0.354 e. The van der Waals surface area contributed by atoms with E-state index in [0.717, 1.165) is 38.8 Å². The van der Waals surface area contributed by atoms with Crippen LogP contribution in [0.5, 0.6) is 0 Å². The molecule has 2 aromatic rings. The number of likely N-dealkylation sites (tertiary alicyclic amines) is 1. The first-order valence-electron chi connectivity index (χ1n) is 9.33. The summed E-state index contributed by atoms with van der Waals surface area (Å²) in [5.41, 5.74) is 0.706. The van der Waals surface area contributed by atoms with Crippen LogP contribution in [-0.2, 0) is 4.79 Å². The summed E-state index contributed by atoms with van der Waals surface area (Å²) in [6.45, 7) is 2.92. The van der Waals surface area contributed by atoms with Gasteiger partial charge in [-0.2, -0.15) is 4.68 Å². The van der Waals surface area contributed by atoms with Crippen LogP contribution in [0.25, 0.3) is 5.69 Å². The number of aromatic nitrogens is 4. The van der Waals surface area contributed by atoms with Crippen LogP contribution in [-0.4, -0.2) is 69.1 Å². The van der Waals surface area contributed by atoms with Crippen LogP contribution in [0.4, 0.5) is 0 Å². The van der Waals surface area contributed by atoms with E-state index < -0.39 is 0 Å². The number of nitrogens with one attached hydrogen (secondary N) is 2. The molecule has 2 atom stereocenters. The molecule has 2 fully saturated rings. The van der Waals surface area contributed by atoms with Gasteiger partial charge in [0.2, 0.25) is 5.91 Å². The molecule has 10 heteroatoms. The Hall–Kier alpha value is -2.33. The maximum absolute atomic E-state index is 13.0. The highest BCUT2D eigenvalue weighted by Gasteiger charge is 2.28. The Balaban J connectivity index is 1.36. The predicted octanol–water partition coefficient (Wildman–Crippen LogP) is 0.444. The van der Waals surface area contributed by atoms with Crippen LogP contribution in [0.3, 0.4) is 0 Å². The van der Waals surface area contributed by atoms with Crippen molar-refractivity contribution >= 4 is 23.2 Å². The van der Waals surface area contributed by atoms with Crippen LogP contribution in [0.1, 0.15) is 35.4 Å². The Labute approximate surface area is 161 Å². The molecule has 2 saturated heterocycles. The summed E-state index contributed by atoms with van der Waals surface area (Å²) in [5.74, 6) is 0.365. The van der Waals surface area contributed by atoms with Gasteiger partial charge in [0, 0.05) is 19.6 Å². The molecule has 0 bridgehead atoms. The molecule has 4 rings (SSSR count). The first kappa shape index (κ1) is 18.1. The maximum Gasteiger partial charge on any atom is 0.266 e. The number of piperidine rings is 1. The monoisotopic (exact) mass is 389 g/mol. The highest BCUT2D eigenvalue weighted by atomic mass is 32.1. The molecule has 2 aromatic heterocycles. The molecule has 0 aliphatic carbocycles. The van der Waals surface area contributed by atoms with Crippen LogP contribution in [0.2, 0.25) is 0 Å². The van der Waals surface area contributed by atoms with E-state index in [0.29, 0.717) is 23.7 Å². The standard InChI is InChI=1S/C17H23N7O2S/c25-16(13-4-1-6-18-13)19-9-12-3-2-7-23(10-12)17(26)15-14(5-8-27-15)24-11-20-21-22-24/h5,8,11-13,18H,1-4,6-7,9-10H2,(H,19,25). The third kappa shape index (κ3) is 4.01. The summed E-state index contributed by atoms with van der Waals surface area (Å²) < 4.78 is 1.51. The second-order valence-electron chi connectivity index (χ2n) is 7.04. The highest BCUT2D eigenvalue weighted by Crippen LogP contribution is 2.25. The number of carbonyl (C=O) groups excluding carboxylic acids is 2. The van der Waals surface area contributed by atoms with Gasteiger partial charge < -0.3 is 15.5 Å². The van der Waals surface area contributed by atoms with Gasteiger partial charge in [-0.3, -0.25) is 9.59 Å². The summed E-state index contributed by atoms with van der Waals surface area (Å²) >= 11 is 1.40. The SMILES string of the molecule is O=C(NCC1CCCN(C(=O)c2sccc2-n2cnnn2)C1)C1CCCN1. The van der Waals surface area contributed by atoms with Gasteiger partial charge in [0.05, 0.1) is 11.7 Å². The predicted molar refractivity (Wildman–Crippen MR) is 99.7 cm³/mol. The zero-order chi connectivity index (χ0) is 18.6. The molecule has 27 heavy (non-hydrogen) atoms. The summed E-state index contributed by atoms with van der Waals surface area (Å²) in [5, 5.41) is 19.3. The molecular weight excluding hydrogens is 366 g/mol. The minimum Gasteiger partial charge on any atom is -0.354 e. The fourth-order valence-electron chi connectivity index (χ4n) is 3.75. The molecule has 0 aromatic carbocycles. The molecule has 2 N–H and O–H groups in total. The lowest BCUT2D eigenvalue weighted by atomic mass is 9.97. The van der Waals surface area contributed by atoms with Crippen molar-refractivity contribution in [3.05, 3.63) is 22.7 Å². The van der Waals surface area contributed by atoms with Crippen molar-refractivity contribution in [2.24, 2.45) is 5.92 Å². The molecule has 2 amide bonds. The number of rotatable bonds is 5. The summed E-state index contributed by atoms with van der Waals surface area (Å²) in [6.07, 6.45) is 5.41. The van der Waals surface area contributed by atoms with Crippen molar-refractivity contribution in [3.63, 3.8) is 0 Å². The topological polar surface area (TPSA) is 105 Å². The first-order valence-corrected chi connectivity index (χ1v) is 10.2. The third-order valence-electron chi connectivity index (χ3n) is 5.18. The zero-order valence-corrected chi connectivity index (χ0v) is 15.8. The summed E-state index contributed by atoms with van der Waals surface area (Å²) in [6, 6.07) is 1.79. The number of carbonyl (C=O) groups is 2. The zero-order valence-electron chi connectivity index (χ0n) is 15.0. The van der Waals surface area contributed by atoms with Gasteiger partial charge in [0.25, 0.3) is 5.91 Å². The number of nitrogens with zero attached hydrogens (tertiary/aromatic N) is 5. The van der Waals surface area contributed by atoms with E-state index in [9.17, 15) is 9.59 Å². The van der Waals surface area contributed by atoms with E-state index in [1.54, 1.807) is 0 Å². The molecule has 2 aliphatic heterocycles. The summed E-state index contributed by atoms with van der Waals surface area (Å²) in [7, 11) is 0. The average molecular weight is 389 g/mol. The second kappa shape index (κ2) is 8.13. The van der Waals surface area contributed by atoms with Gasteiger partial charge >= 0.3 is 0 Å². The lowest BCUT2D eigenvalue weighted by Crippen LogP contribution is -2.46. The Kier molecular flexibility index (Phi) is 5.44. The van der Waals surface area contributed by atoms with Crippen molar-refractivity contribution in [1.29, 1.82) is 0 Å². The molecule has 0 spiro atoms. The number of hydrogen-bond acceptors (Lipinski definition) is 7. The van der Waals surface area contributed by atoms with Gasteiger partial charge in [-0.25, -0.2) is 0 Å². The van der Waals surface area contributed by atoms with E-state index in [4.69, 9.17) is 0 Å². The Morgan fingerprint density at radius 2 is 2.26 bits per heavy atom. The Morgan fingerprint density at radius 3 is 3.04 bits per heavy atom. The number of amides is 2. The van der Waals surface area contributed by atoms with Gasteiger partial charge in [-0.1, -0.05) is 0 Å². The van der Waals surface area contributed by atoms with Crippen LogP contribution < -0.4 is 10.6 Å². The molecule has 0 saturated carbocycles. The van der Waals surface area contributed by atoms with Crippen LogP contribution in [0, 0.1) is 5.92 Å². The van der Waals surface area contributed by atoms with Crippen LogP contribution in [0.15, 0.2) is 17.8 Å². The highest BCUT2D eigenvalue weighted by molar-refractivity contribution is 7.12. The molecular formula is C17H23N7O2S. The normalized spacial score (nSPS) is 22.7. The Morgan fingerprint density at radius 1 is 1.33 bits per heavy atom. The average Bonchev–Trinajstić information content (AvgIpc) is 3.46. The molecule has 2 aliphatic rings. The number of thiophene rings is 1. The van der Waals surface area contributed by atoms with Crippen molar-refractivity contribution in [2.45, 2.75) is 31.7 Å². The fourth-order valence-corrected chi connectivity index (χ4v) is 4.60. The number of tetrazole rings is 1. The maximum atomic E-state index is 13.0. The quantitative estimate of drug-likeness (QED) is 0.769. The van der Waals surface area contributed by atoms with Crippen molar-refractivity contribution in [1.82, 2.24) is 35.7 Å². The minimum absolute atomic E-state index is 0.00369. The van der Waals surface area contributed by atoms with E-state index in [-0.39, 0.29) is 23.8 Å². The molecule has 0 radical (unpaired) electrons. The van der Waals surface area contributed by atoms with Crippen molar-refractivity contribution in [2.75, 3.05) is 26.2 Å². The second-order valence-corrected chi connectivity index (χ2v) is 7.96. The van der Waals surface area contributed by atoms with Gasteiger partial charge in [-0.05, 0) is 60.0 Å². The lowest BCUT2D eigenvalue weighted by molar-refractivity contribution is -0.123. The molecule has 4 heterocycles. The smallest absolute Gasteiger partial charge is 0.266 e.